The zero-order valence-electron chi connectivity index (χ0n) is 14.7. The van der Waals surface area contributed by atoms with Gasteiger partial charge in [-0.05, 0) is 60.4 Å². The number of pyridine rings is 1. The van der Waals surface area contributed by atoms with Crippen LogP contribution in [-0.2, 0) is 24.2 Å². The quantitative estimate of drug-likeness (QED) is 0.881. The van der Waals surface area contributed by atoms with Crippen LogP contribution in [-0.4, -0.2) is 28.9 Å². The van der Waals surface area contributed by atoms with E-state index in [0.717, 1.165) is 44.3 Å². The van der Waals surface area contributed by atoms with Crippen LogP contribution in [0.25, 0.3) is 0 Å². The van der Waals surface area contributed by atoms with E-state index < -0.39 is 0 Å². The maximum absolute atomic E-state index is 12.5. The number of benzene rings is 1. The van der Waals surface area contributed by atoms with Gasteiger partial charge in [-0.3, -0.25) is 9.78 Å². The molecule has 132 valence electrons. The van der Waals surface area contributed by atoms with Gasteiger partial charge in [0, 0.05) is 38.4 Å². The lowest BCUT2D eigenvalue weighted by molar-refractivity contribution is -0.132. The first-order valence-electron chi connectivity index (χ1n) is 9.19. The van der Waals surface area contributed by atoms with Crippen molar-refractivity contribution in [1.29, 1.82) is 0 Å². The number of rotatable bonds is 6. The van der Waals surface area contributed by atoms with Crippen LogP contribution >= 0.6 is 0 Å². The lowest BCUT2D eigenvalue weighted by atomic mass is 9.90. The normalized spacial score (nSPS) is 15.3. The van der Waals surface area contributed by atoms with Crippen LogP contribution in [0.1, 0.15) is 36.0 Å². The van der Waals surface area contributed by atoms with E-state index >= 15 is 0 Å². The van der Waals surface area contributed by atoms with Gasteiger partial charge >= 0.3 is 0 Å². The number of carbonyl (C=O) groups excluding carboxylic acids is 1. The summed E-state index contributed by atoms with van der Waals surface area (Å²) in [5.74, 6) is 0.959. The van der Waals surface area contributed by atoms with E-state index in [1.165, 1.54) is 11.1 Å². The van der Waals surface area contributed by atoms with Gasteiger partial charge in [-0.15, -0.1) is 0 Å². The fourth-order valence-electron chi connectivity index (χ4n) is 3.49. The number of aryl methyl sites for hydroxylation is 1. The predicted octanol–water partition coefficient (Wildman–Crippen LogP) is 2.95. The van der Waals surface area contributed by atoms with Crippen molar-refractivity contribution in [3.05, 3.63) is 65.5 Å². The molecule has 3 rings (SSSR count). The van der Waals surface area contributed by atoms with Gasteiger partial charge in [-0.1, -0.05) is 24.3 Å². The van der Waals surface area contributed by atoms with Gasteiger partial charge in [0.15, 0.2) is 0 Å². The topological polar surface area (TPSA) is 59.2 Å². The lowest BCUT2D eigenvalue weighted by Crippen LogP contribution is -2.39. The van der Waals surface area contributed by atoms with E-state index in [1.54, 1.807) is 0 Å². The van der Waals surface area contributed by atoms with Crippen molar-refractivity contribution in [3.63, 3.8) is 0 Å². The van der Waals surface area contributed by atoms with Crippen molar-refractivity contribution < 1.29 is 4.79 Å². The largest absolute Gasteiger partial charge is 0.343 e. The number of amides is 1. The minimum atomic E-state index is 0.283. The molecular formula is C21H27N3O. The summed E-state index contributed by atoms with van der Waals surface area (Å²) in [5, 5.41) is 0. The fraction of sp³-hybridized carbons (Fsp3) is 0.429. The summed E-state index contributed by atoms with van der Waals surface area (Å²) in [6, 6.07) is 12.4. The number of carbonyl (C=O) groups is 1. The smallest absolute Gasteiger partial charge is 0.222 e. The first-order chi connectivity index (χ1) is 12.2. The van der Waals surface area contributed by atoms with Crippen LogP contribution in [0.3, 0.4) is 0 Å². The Hall–Kier alpha value is -2.20. The Morgan fingerprint density at radius 1 is 1.00 bits per heavy atom. The van der Waals surface area contributed by atoms with E-state index in [-0.39, 0.29) is 5.91 Å². The van der Waals surface area contributed by atoms with Crippen molar-refractivity contribution in [3.8, 4) is 0 Å². The van der Waals surface area contributed by atoms with Crippen LogP contribution in [0.2, 0.25) is 0 Å². The van der Waals surface area contributed by atoms with Gasteiger partial charge in [-0.25, -0.2) is 0 Å². The predicted molar refractivity (Wildman–Crippen MR) is 99.9 cm³/mol. The molecule has 1 amide bonds. The van der Waals surface area contributed by atoms with Crippen LogP contribution < -0.4 is 5.73 Å². The summed E-state index contributed by atoms with van der Waals surface area (Å²) >= 11 is 0. The lowest BCUT2D eigenvalue weighted by Gasteiger charge is -2.32. The molecule has 2 heterocycles. The van der Waals surface area contributed by atoms with Gasteiger partial charge in [0.25, 0.3) is 0 Å². The Balaban J connectivity index is 1.41. The van der Waals surface area contributed by atoms with Gasteiger partial charge in [0.1, 0.15) is 0 Å². The molecule has 0 spiro atoms. The highest BCUT2D eigenvalue weighted by atomic mass is 16.2. The van der Waals surface area contributed by atoms with Crippen molar-refractivity contribution in [2.45, 2.75) is 38.6 Å². The number of hydrogen-bond donors (Lipinski definition) is 1. The molecular weight excluding hydrogens is 310 g/mol. The first kappa shape index (κ1) is 17.6. The molecule has 0 radical (unpaired) electrons. The summed E-state index contributed by atoms with van der Waals surface area (Å²) < 4.78 is 0. The molecule has 0 unspecified atom stereocenters. The second kappa shape index (κ2) is 8.77. The third kappa shape index (κ3) is 5.13. The Bertz CT molecular complexity index is 661. The number of piperidine rings is 1. The van der Waals surface area contributed by atoms with E-state index in [9.17, 15) is 4.79 Å². The number of nitrogens with zero attached hydrogens (tertiary/aromatic N) is 2. The monoisotopic (exact) mass is 337 g/mol. The molecule has 1 aliphatic rings. The van der Waals surface area contributed by atoms with Gasteiger partial charge in [0.2, 0.25) is 5.91 Å². The SMILES string of the molecule is NCc1ccc(CCC(=O)N2CCC(Cc3ccncc3)CC2)cc1. The van der Waals surface area contributed by atoms with Crippen molar-refractivity contribution in [2.75, 3.05) is 13.1 Å². The zero-order chi connectivity index (χ0) is 17.5. The average Bonchev–Trinajstić information content (AvgIpc) is 2.68. The third-order valence-electron chi connectivity index (χ3n) is 5.13. The second-order valence-corrected chi connectivity index (χ2v) is 6.90. The van der Waals surface area contributed by atoms with Crippen LogP contribution in [0.15, 0.2) is 48.8 Å². The molecule has 1 saturated heterocycles. The molecule has 25 heavy (non-hydrogen) atoms. The van der Waals surface area contributed by atoms with E-state index in [1.807, 2.05) is 29.4 Å². The number of likely N-dealkylation sites (tertiary alicyclic amines) is 1. The molecule has 1 aliphatic heterocycles. The van der Waals surface area contributed by atoms with Crippen LogP contribution in [0.5, 0.6) is 0 Å². The van der Waals surface area contributed by atoms with Crippen molar-refractivity contribution in [2.24, 2.45) is 11.7 Å². The van der Waals surface area contributed by atoms with Crippen LogP contribution in [0.4, 0.5) is 0 Å². The summed E-state index contributed by atoms with van der Waals surface area (Å²) in [6.45, 7) is 2.34. The molecule has 2 N–H and O–H groups in total. The molecule has 0 saturated carbocycles. The Labute approximate surface area is 150 Å². The molecule has 2 aromatic rings. The fourth-order valence-corrected chi connectivity index (χ4v) is 3.49. The van der Waals surface area contributed by atoms with Crippen molar-refractivity contribution in [1.82, 2.24) is 9.88 Å². The average molecular weight is 337 g/mol. The highest BCUT2D eigenvalue weighted by Gasteiger charge is 2.22. The van der Waals surface area contributed by atoms with Crippen LogP contribution in [0, 0.1) is 5.92 Å². The molecule has 1 aromatic heterocycles. The number of nitrogens with two attached hydrogens (primary N) is 1. The molecule has 4 heteroatoms. The molecule has 1 fully saturated rings. The Kier molecular flexibility index (Phi) is 6.18. The van der Waals surface area contributed by atoms with E-state index in [0.29, 0.717) is 18.9 Å². The molecule has 0 bridgehead atoms. The maximum atomic E-state index is 12.5. The molecule has 1 aromatic carbocycles. The van der Waals surface area contributed by atoms with Gasteiger partial charge in [-0.2, -0.15) is 0 Å². The number of aromatic nitrogens is 1. The van der Waals surface area contributed by atoms with E-state index in [4.69, 9.17) is 5.73 Å². The highest BCUT2D eigenvalue weighted by Crippen LogP contribution is 2.22. The molecule has 0 atom stereocenters. The summed E-state index contributed by atoms with van der Waals surface area (Å²) in [5.41, 5.74) is 9.30. The van der Waals surface area contributed by atoms with Crippen molar-refractivity contribution >= 4 is 5.91 Å². The summed E-state index contributed by atoms with van der Waals surface area (Å²) in [7, 11) is 0. The van der Waals surface area contributed by atoms with E-state index in [2.05, 4.69) is 29.2 Å². The Morgan fingerprint density at radius 2 is 1.64 bits per heavy atom. The first-order valence-corrected chi connectivity index (χ1v) is 9.19. The minimum Gasteiger partial charge on any atom is -0.343 e. The summed E-state index contributed by atoms with van der Waals surface area (Å²) in [6.07, 6.45) is 8.40. The second-order valence-electron chi connectivity index (χ2n) is 6.90. The molecule has 0 aliphatic carbocycles. The van der Waals surface area contributed by atoms with Gasteiger partial charge in [0.05, 0.1) is 0 Å². The summed E-state index contributed by atoms with van der Waals surface area (Å²) in [4.78, 5) is 18.6. The number of hydrogen-bond acceptors (Lipinski definition) is 3. The third-order valence-corrected chi connectivity index (χ3v) is 5.13. The Morgan fingerprint density at radius 3 is 2.28 bits per heavy atom. The molecule has 4 nitrogen and oxygen atoms in total. The highest BCUT2D eigenvalue weighted by molar-refractivity contribution is 5.76. The van der Waals surface area contributed by atoms with Gasteiger partial charge < -0.3 is 10.6 Å². The maximum Gasteiger partial charge on any atom is 0.222 e. The minimum absolute atomic E-state index is 0.283. The zero-order valence-corrected chi connectivity index (χ0v) is 14.7. The standard InChI is InChI=1S/C21H27N3O/c22-16-20-3-1-17(2-4-20)5-6-21(25)24-13-9-19(10-14-24)15-18-7-11-23-12-8-18/h1-4,7-8,11-12,19H,5-6,9-10,13-16,22H2.